The largest absolute Gasteiger partial charge is 0.468 e. The van der Waals surface area contributed by atoms with Gasteiger partial charge in [0.25, 0.3) is 0 Å². The number of carbonyl (C=O) groups excluding carboxylic acids is 1. The predicted molar refractivity (Wildman–Crippen MR) is 112 cm³/mol. The maximum Gasteiger partial charge on any atom is 0.322 e. The number of carbonyl (C=O) groups is 1. The lowest BCUT2D eigenvalue weighted by atomic mass is 10.2. The van der Waals surface area contributed by atoms with E-state index < -0.39 is 6.10 Å². The fourth-order valence-electron chi connectivity index (χ4n) is 1.50. The molecule has 6 heteroatoms. The van der Waals surface area contributed by atoms with Crippen LogP contribution in [0.3, 0.4) is 0 Å². The second-order valence-corrected chi connectivity index (χ2v) is 5.51. The summed E-state index contributed by atoms with van der Waals surface area (Å²) in [6.07, 6.45) is 0.0660. The minimum Gasteiger partial charge on any atom is -0.468 e. The van der Waals surface area contributed by atoms with Crippen molar-refractivity contribution in [3.63, 3.8) is 0 Å². The summed E-state index contributed by atoms with van der Waals surface area (Å²) in [4.78, 5) is 10.8. The summed E-state index contributed by atoms with van der Waals surface area (Å²) in [6.45, 7) is 12.5. The van der Waals surface area contributed by atoms with Gasteiger partial charge in [0.2, 0.25) is 0 Å². The molecular weight excluding hydrogens is 389 g/mol. The average Bonchev–Trinajstić information content (AvgIpc) is 3.09. The van der Waals surface area contributed by atoms with Crippen LogP contribution >= 0.6 is 25.2 Å². The van der Waals surface area contributed by atoms with Gasteiger partial charge in [-0.25, -0.2) is 0 Å². The molecule has 2 N–H and O–H groups in total. The zero-order chi connectivity index (χ0) is 19.5. The van der Waals surface area contributed by atoms with Crippen LogP contribution in [0.25, 0.3) is 0 Å². The monoisotopic (exact) mass is 423 g/mol. The molecule has 1 aliphatic rings. The smallest absolute Gasteiger partial charge is 0.322 e. The Hall–Kier alpha value is -0.480. The Balaban J connectivity index is -0.000000284. The summed E-state index contributed by atoms with van der Waals surface area (Å²) >= 11 is 3.34. The van der Waals surface area contributed by atoms with Gasteiger partial charge in [0.05, 0.1) is 13.2 Å². The van der Waals surface area contributed by atoms with Gasteiger partial charge >= 0.3 is 5.97 Å². The summed E-state index contributed by atoms with van der Waals surface area (Å²) in [6, 6.07) is 7.80. The number of aliphatic hydroxyl groups excluding tert-OH is 1. The Bertz CT molecular complexity index is 367. The topological polar surface area (TPSA) is 58.6 Å². The van der Waals surface area contributed by atoms with Crippen LogP contribution in [0, 0.1) is 0 Å². The van der Waals surface area contributed by atoms with Crippen molar-refractivity contribution in [2.75, 3.05) is 13.7 Å². The molecule has 0 bridgehead atoms. The highest BCUT2D eigenvalue weighted by molar-refractivity contribution is 9.10. The molecule has 1 saturated heterocycles. The van der Waals surface area contributed by atoms with Crippen LogP contribution in [0.2, 0.25) is 0 Å². The molecule has 1 fully saturated rings. The Labute approximate surface area is 159 Å². The number of hydrogen-bond acceptors (Lipinski definition) is 4. The van der Waals surface area contributed by atoms with Crippen molar-refractivity contribution in [2.45, 2.75) is 60.1 Å². The number of halogens is 1. The van der Waals surface area contributed by atoms with Crippen LogP contribution in [0.1, 0.15) is 48.0 Å². The summed E-state index contributed by atoms with van der Waals surface area (Å²) < 4.78 is 5.60. The molecule has 1 aromatic carbocycles. The van der Waals surface area contributed by atoms with Gasteiger partial charge in [0, 0.05) is 17.4 Å². The van der Waals surface area contributed by atoms with Gasteiger partial charge in [0.15, 0.2) is 0 Å². The molecule has 0 saturated carbocycles. The van der Waals surface area contributed by atoms with Crippen molar-refractivity contribution in [1.82, 2.24) is 5.32 Å². The Kier molecular flexibility index (Phi) is 24.3. The molecule has 0 radical (unpaired) electrons. The third-order valence-electron chi connectivity index (χ3n) is 2.46. The molecule has 24 heavy (non-hydrogen) atoms. The molecule has 4 nitrogen and oxygen atoms in total. The Morgan fingerprint density at radius 1 is 1.17 bits per heavy atom. The number of esters is 1. The summed E-state index contributed by atoms with van der Waals surface area (Å²) in [5.74, 6) is -0.295. The van der Waals surface area contributed by atoms with E-state index in [0.29, 0.717) is 13.0 Å². The maximum absolute atomic E-state index is 10.8. The highest BCUT2D eigenvalue weighted by atomic mass is 79.9. The maximum atomic E-state index is 10.8. The Morgan fingerprint density at radius 2 is 1.62 bits per heavy atom. The van der Waals surface area contributed by atoms with Crippen LogP contribution in [0.15, 0.2) is 28.7 Å². The second kappa shape index (κ2) is 20.6. The number of ether oxygens (including phenoxy) is 1. The highest BCUT2D eigenvalue weighted by Gasteiger charge is 2.28. The first-order valence-electron chi connectivity index (χ1n) is 8.53. The van der Waals surface area contributed by atoms with Crippen LogP contribution in [-0.2, 0) is 9.53 Å². The number of benzene rings is 1. The first-order valence-corrected chi connectivity index (χ1v) is 9.90. The first kappa shape index (κ1) is 28.3. The van der Waals surface area contributed by atoms with Gasteiger partial charge in [-0.15, -0.1) is 9.24 Å². The third kappa shape index (κ3) is 15.1. The number of nitrogens with one attached hydrogen (secondary N) is 1. The summed E-state index contributed by atoms with van der Waals surface area (Å²) in [5.41, 5.74) is 0. The van der Waals surface area contributed by atoms with E-state index >= 15 is 0 Å². The van der Waals surface area contributed by atoms with E-state index in [9.17, 15) is 4.79 Å². The molecule has 2 rings (SSSR count). The minimum atomic E-state index is -0.399. The fraction of sp³-hybridized carbons (Fsp3) is 0.611. The molecular formula is C18H35BrNO3P. The summed E-state index contributed by atoms with van der Waals surface area (Å²) in [7, 11) is 3.97. The number of aliphatic hydroxyl groups is 1. The quantitative estimate of drug-likeness (QED) is 0.530. The molecule has 0 spiro atoms. The van der Waals surface area contributed by atoms with Crippen molar-refractivity contribution in [2.24, 2.45) is 0 Å². The van der Waals surface area contributed by atoms with Gasteiger partial charge in [-0.3, -0.25) is 4.79 Å². The third-order valence-corrected chi connectivity index (χ3v) is 3.38. The first-order chi connectivity index (χ1) is 11.5. The second-order valence-electron chi connectivity index (χ2n) is 3.93. The van der Waals surface area contributed by atoms with E-state index in [1.807, 2.05) is 65.8 Å². The van der Waals surface area contributed by atoms with Crippen LogP contribution in [0.5, 0.6) is 0 Å². The highest BCUT2D eigenvalue weighted by Crippen LogP contribution is 2.07. The number of β-amino-alcohol motifs (C(OH)–C–C–N with tert-alkyl or cyclic N) is 1. The lowest BCUT2D eigenvalue weighted by Crippen LogP contribution is -2.31. The van der Waals surface area contributed by atoms with Crippen molar-refractivity contribution in [1.29, 1.82) is 0 Å². The molecule has 142 valence electrons. The SMILES string of the molecule is CC.CC.CC.COC(=O)[C@@H]1C[C@H](O)CN1.Pc1ccc(Br)cc1. The number of rotatable bonds is 1. The van der Waals surface area contributed by atoms with Gasteiger partial charge in [-0.05, 0) is 17.4 Å². The lowest BCUT2D eigenvalue weighted by Gasteiger charge is -2.05. The fourth-order valence-corrected chi connectivity index (χ4v) is 1.96. The molecule has 1 aromatic rings. The van der Waals surface area contributed by atoms with Gasteiger partial charge < -0.3 is 15.2 Å². The lowest BCUT2D eigenvalue weighted by molar-refractivity contribution is -0.142. The standard InChI is InChI=1S/C6H6BrP.C6H11NO3.3C2H6/c7-5-1-3-6(8)4-2-5;1-10-6(9)5-2-4(8)3-7-5;3*1-2/h1-4H,8H2;4-5,7-8H,2-3H2,1H3;3*1-2H3/t;4-,5-;;;/m.0.../s1. The van der Waals surface area contributed by atoms with Gasteiger partial charge in [-0.2, -0.15) is 0 Å². The molecule has 1 aliphatic heterocycles. The molecule has 1 unspecified atom stereocenters. The van der Waals surface area contributed by atoms with E-state index in [1.54, 1.807) is 0 Å². The van der Waals surface area contributed by atoms with Gasteiger partial charge in [-0.1, -0.05) is 69.6 Å². The van der Waals surface area contributed by atoms with Crippen molar-refractivity contribution < 1.29 is 14.6 Å². The molecule has 0 aliphatic carbocycles. The molecule has 3 atom stereocenters. The van der Waals surface area contributed by atoms with Crippen molar-refractivity contribution in [3.05, 3.63) is 28.7 Å². The molecule has 1 heterocycles. The van der Waals surface area contributed by atoms with E-state index in [1.165, 1.54) is 12.4 Å². The van der Waals surface area contributed by atoms with E-state index in [-0.39, 0.29) is 12.0 Å². The zero-order valence-corrected chi connectivity index (χ0v) is 18.8. The van der Waals surface area contributed by atoms with E-state index in [2.05, 4.69) is 35.2 Å². The molecule has 0 amide bonds. The van der Waals surface area contributed by atoms with Crippen LogP contribution < -0.4 is 10.6 Å². The van der Waals surface area contributed by atoms with Crippen LogP contribution in [-0.4, -0.2) is 36.9 Å². The summed E-state index contributed by atoms with van der Waals surface area (Å²) in [5, 5.41) is 13.0. The van der Waals surface area contributed by atoms with E-state index in [4.69, 9.17) is 5.11 Å². The number of methoxy groups -OCH3 is 1. The van der Waals surface area contributed by atoms with Crippen molar-refractivity contribution in [3.8, 4) is 0 Å². The average molecular weight is 424 g/mol. The minimum absolute atomic E-state index is 0.295. The van der Waals surface area contributed by atoms with Gasteiger partial charge in [0.1, 0.15) is 6.04 Å². The van der Waals surface area contributed by atoms with E-state index in [0.717, 1.165) is 4.47 Å². The van der Waals surface area contributed by atoms with Crippen LogP contribution in [0.4, 0.5) is 0 Å². The predicted octanol–water partition coefficient (Wildman–Crippen LogP) is 3.91. The Morgan fingerprint density at radius 3 is 1.92 bits per heavy atom. The number of hydrogen-bond donors (Lipinski definition) is 2. The normalized spacial score (nSPS) is 17.2. The molecule has 0 aromatic heterocycles. The van der Waals surface area contributed by atoms with Crippen molar-refractivity contribution >= 4 is 36.4 Å². The zero-order valence-electron chi connectivity index (χ0n) is 16.1.